The first-order valence-electron chi connectivity index (χ1n) is 11.7. The van der Waals surface area contributed by atoms with E-state index in [1.165, 1.54) is 11.1 Å². The Labute approximate surface area is 220 Å². The second-order valence-electron chi connectivity index (χ2n) is 10.4. The van der Waals surface area contributed by atoms with E-state index in [2.05, 4.69) is 6.92 Å². The van der Waals surface area contributed by atoms with Crippen molar-refractivity contribution in [3.8, 4) is 5.75 Å². The van der Waals surface area contributed by atoms with Crippen LogP contribution in [0.3, 0.4) is 0 Å². The van der Waals surface area contributed by atoms with Gasteiger partial charge in [-0.2, -0.15) is 0 Å². The number of carbonyl (C=O) groups is 1. The van der Waals surface area contributed by atoms with Crippen LogP contribution < -0.4 is 0 Å². The Balaban J connectivity index is 0.00000274. The molecule has 10 heteroatoms. The molecular weight excluding hydrogens is 455 g/mol. The molecule has 5 rings (SSSR count). The van der Waals surface area contributed by atoms with Gasteiger partial charge in [0.2, 0.25) is 0 Å². The molecule has 1 aromatic rings. The number of ether oxygens (including phenoxy) is 2. The second kappa shape index (κ2) is 9.61. The van der Waals surface area contributed by atoms with E-state index in [0.29, 0.717) is 18.3 Å². The quantitative estimate of drug-likeness (QED) is 0.326. The molecule has 11 atom stereocenters. The van der Waals surface area contributed by atoms with Gasteiger partial charge in [0.15, 0.2) is 12.4 Å². The number of rotatable bonds is 3. The third-order valence-electron chi connectivity index (χ3n) is 8.74. The van der Waals surface area contributed by atoms with Gasteiger partial charge in [-0.15, -0.1) is 0 Å². The number of hydrogen-bond donors (Lipinski definition) is 6. The maximum atomic E-state index is 11.4. The summed E-state index contributed by atoms with van der Waals surface area (Å²) >= 11 is 0. The molecule has 3 fully saturated rings. The van der Waals surface area contributed by atoms with Crippen LogP contribution in [0.25, 0.3) is 0 Å². The summed E-state index contributed by atoms with van der Waals surface area (Å²) in [7, 11) is 0. The zero-order valence-electron chi connectivity index (χ0n) is 19.4. The molecule has 183 valence electrons. The number of hydrogen-bond acceptors (Lipinski definition) is 8. The van der Waals surface area contributed by atoms with Crippen molar-refractivity contribution in [2.45, 2.75) is 87.9 Å². The Bertz CT molecular complexity index is 928. The Hall–Kier alpha value is -0.750. The second-order valence-corrected chi connectivity index (χ2v) is 10.4. The molecule has 4 aliphatic rings. The Morgan fingerprint density at radius 2 is 1.85 bits per heavy atom. The van der Waals surface area contributed by atoms with Crippen molar-refractivity contribution < 1.29 is 44.9 Å². The molecule has 1 aliphatic heterocycles. The molecule has 3 aliphatic carbocycles. The number of aliphatic hydroxyl groups is 4. The predicted octanol–water partition coefficient (Wildman–Crippen LogP) is 0.116. The predicted molar refractivity (Wildman–Crippen MR) is 119 cm³/mol. The maximum absolute atomic E-state index is 11.4. The van der Waals surface area contributed by atoms with Crippen LogP contribution in [0, 0.1) is 17.3 Å². The fraction of sp³-hybridized carbons (Fsp3) is 0.708. The van der Waals surface area contributed by atoms with Crippen molar-refractivity contribution in [3.05, 3.63) is 29.3 Å². The van der Waals surface area contributed by atoms with Gasteiger partial charge >= 0.3 is 5.97 Å². The first kappa shape index (κ1) is 26.3. The molecule has 1 heterocycles. The van der Waals surface area contributed by atoms with E-state index in [1.54, 1.807) is 6.07 Å². The molecule has 1 aromatic carbocycles. The van der Waals surface area contributed by atoms with E-state index in [1.807, 2.05) is 12.1 Å². The average Bonchev–Trinajstić information content (AvgIpc) is 3.03. The Morgan fingerprint density at radius 1 is 1.12 bits per heavy atom. The molecular formula is C24H32NaO9. The monoisotopic (exact) mass is 487 g/mol. The number of aliphatic carboxylic acids is 1. The number of phenolic OH excluding ortho intramolecular Hbond substituents is 1. The van der Waals surface area contributed by atoms with Crippen molar-refractivity contribution in [3.63, 3.8) is 0 Å². The van der Waals surface area contributed by atoms with Crippen molar-refractivity contribution in [1.29, 1.82) is 0 Å². The van der Waals surface area contributed by atoms with Crippen molar-refractivity contribution in [2.75, 3.05) is 0 Å². The summed E-state index contributed by atoms with van der Waals surface area (Å²) in [6, 6.07) is 5.58. The number of aromatic hydroxyl groups is 1. The number of phenols is 1. The molecule has 0 aromatic heterocycles. The number of aliphatic hydroxyl groups excluding tert-OH is 4. The van der Waals surface area contributed by atoms with E-state index < -0.39 is 54.3 Å². The van der Waals surface area contributed by atoms with Crippen LogP contribution in [0.4, 0.5) is 0 Å². The van der Waals surface area contributed by atoms with Gasteiger partial charge in [-0.1, -0.05) is 13.0 Å². The summed E-state index contributed by atoms with van der Waals surface area (Å²) in [6.45, 7) is 2.07. The molecule has 0 amide bonds. The molecule has 0 spiro atoms. The number of carboxylic acid groups (broad SMARTS) is 1. The fourth-order valence-corrected chi connectivity index (χ4v) is 7.09. The van der Waals surface area contributed by atoms with Gasteiger partial charge in [0.1, 0.15) is 24.1 Å². The minimum Gasteiger partial charge on any atom is -0.508 e. The van der Waals surface area contributed by atoms with Crippen LogP contribution in [0.2, 0.25) is 0 Å². The molecule has 1 radical (unpaired) electrons. The van der Waals surface area contributed by atoms with Crippen LogP contribution in [0.5, 0.6) is 5.75 Å². The van der Waals surface area contributed by atoms with Crippen molar-refractivity contribution in [1.82, 2.24) is 0 Å². The summed E-state index contributed by atoms with van der Waals surface area (Å²) in [5.41, 5.74) is 2.02. The SMILES string of the molecule is CC12CCC3c4ccc(O)cc4CCC3C1CC(O)C2OC1OC(C(=O)O)C(O)C(O)C1O.[Na]. The smallest absolute Gasteiger partial charge is 0.335 e. The van der Waals surface area contributed by atoms with E-state index in [0.717, 1.165) is 25.7 Å². The van der Waals surface area contributed by atoms with Crippen LogP contribution in [0.15, 0.2) is 18.2 Å². The minimum atomic E-state index is -1.79. The number of carboxylic acids is 1. The van der Waals surface area contributed by atoms with E-state index in [4.69, 9.17) is 9.47 Å². The number of benzene rings is 1. The van der Waals surface area contributed by atoms with Gasteiger partial charge in [-0.05, 0) is 78.5 Å². The maximum Gasteiger partial charge on any atom is 0.335 e. The molecule has 1 saturated heterocycles. The minimum absolute atomic E-state index is 0. The molecule has 6 N–H and O–H groups in total. The molecule has 0 bridgehead atoms. The third-order valence-corrected chi connectivity index (χ3v) is 8.74. The van der Waals surface area contributed by atoms with Gasteiger partial charge < -0.3 is 40.1 Å². The Morgan fingerprint density at radius 3 is 2.56 bits per heavy atom. The van der Waals surface area contributed by atoms with Crippen LogP contribution in [-0.4, -0.2) is 109 Å². The van der Waals surface area contributed by atoms with E-state index in [-0.39, 0.29) is 41.2 Å². The van der Waals surface area contributed by atoms with Crippen LogP contribution in [0.1, 0.15) is 49.7 Å². The van der Waals surface area contributed by atoms with E-state index in [9.17, 15) is 35.4 Å². The largest absolute Gasteiger partial charge is 0.508 e. The summed E-state index contributed by atoms with van der Waals surface area (Å²) in [5.74, 6) is -0.366. The fourth-order valence-electron chi connectivity index (χ4n) is 7.09. The zero-order valence-corrected chi connectivity index (χ0v) is 21.4. The zero-order chi connectivity index (χ0) is 23.7. The summed E-state index contributed by atoms with van der Waals surface area (Å²) in [6.07, 6.45) is -5.97. The number of fused-ring (bicyclic) bond motifs is 5. The van der Waals surface area contributed by atoms with Gasteiger partial charge in [0, 0.05) is 29.6 Å². The first-order valence-corrected chi connectivity index (χ1v) is 11.7. The van der Waals surface area contributed by atoms with Crippen LogP contribution >= 0.6 is 0 Å². The normalized spacial score (nSPS) is 45.4. The van der Waals surface area contributed by atoms with Crippen LogP contribution in [-0.2, 0) is 20.7 Å². The molecule has 11 unspecified atom stereocenters. The first-order chi connectivity index (χ1) is 15.6. The summed E-state index contributed by atoms with van der Waals surface area (Å²) < 4.78 is 11.3. The third kappa shape index (κ3) is 4.13. The molecule has 2 saturated carbocycles. The van der Waals surface area contributed by atoms with Crippen molar-refractivity contribution >= 4 is 35.5 Å². The molecule has 34 heavy (non-hydrogen) atoms. The average molecular weight is 488 g/mol. The summed E-state index contributed by atoms with van der Waals surface area (Å²) in [4.78, 5) is 11.4. The van der Waals surface area contributed by atoms with Gasteiger partial charge in [-0.3, -0.25) is 0 Å². The Kier molecular flexibility index (Phi) is 7.44. The van der Waals surface area contributed by atoms with Gasteiger partial charge in [0.25, 0.3) is 0 Å². The van der Waals surface area contributed by atoms with Gasteiger partial charge in [0.05, 0.1) is 12.2 Å². The topological polar surface area (TPSA) is 157 Å². The van der Waals surface area contributed by atoms with Gasteiger partial charge in [-0.25, -0.2) is 4.79 Å². The van der Waals surface area contributed by atoms with E-state index >= 15 is 0 Å². The number of aryl methyl sites for hydroxylation is 1. The molecule has 9 nitrogen and oxygen atoms in total. The summed E-state index contributed by atoms with van der Waals surface area (Å²) in [5, 5.41) is 60.6. The van der Waals surface area contributed by atoms with Crippen molar-refractivity contribution in [2.24, 2.45) is 17.3 Å². The standard InChI is InChI=1S/C24H32O9.Na/c1-24-7-6-13-12-5-3-11(25)8-10(12)2-4-14(13)15(24)9-16(26)21(24)33-23-19(29)17(27)18(28)20(32-23)22(30)31;/h3,5,8,13-21,23,25-29H,2,4,6-7,9H2,1H3,(H,30,31);.